The number of likely N-dealkylation sites (tertiary alicyclic amines) is 1. The van der Waals surface area contributed by atoms with Crippen molar-refractivity contribution in [3.05, 3.63) is 51.2 Å². The molecular formula is C22H30ClN3O3S2. The normalized spacial score (nSPS) is 17.1. The predicted octanol–water partition coefficient (Wildman–Crippen LogP) is 4.39. The van der Waals surface area contributed by atoms with Gasteiger partial charge in [0.1, 0.15) is 0 Å². The van der Waals surface area contributed by atoms with Crippen molar-refractivity contribution >= 4 is 38.9 Å². The smallest absolute Gasteiger partial charge is 0.253 e. The van der Waals surface area contributed by atoms with Gasteiger partial charge in [0.25, 0.3) is 5.91 Å². The number of halogens is 1. The zero-order valence-corrected chi connectivity index (χ0v) is 20.6. The maximum absolute atomic E-state index is 13.1. The highest BCUT2D eigenvalue weighted by atomic mass is 35.5. The lowest BCUT2D eigenvalue weighted by Gasteiger charge is -2.32. The number of nitrogens with zero attached hydrogens (tertiary/aromatic N) is 2. The summed E-state index contributed by atoms with van der Waals surface area (Å²) in [6.07, 6.45) is 2.30. The molecule has 1 aromatic heterocycles. The van der Waals surface area contributed by atoms with Crippen molar-refractivity contribution in [2.24, 2.45) is 0 Å². The van der Waals surface area contributed by atoms with Gasteiger partial charge < -0.3 is 5.32 Å². The van der Waals surface area contributed by atoms with Crippen molar-refractivity contribution in [3.63, 3.8) is 0 Å². The number of hydrogen-bond donors (Lipinski definition) is 1. The van der Waals surface area contributed by atoms with Gasteiger partial charge in [-0.15, -0.1) is 11.3 Å². The lowest BCUT2D eigenvalue weighted by Crippen LogP contribution is -2.43. The molecule has 6 nitrogen and oxygen atoms in total. The van der Waals surface area contributed by atoms with Gasteiger partial charge in [0.15, 0.2) is 0 Å². The second-order valence-electron chi connectivity index (χ2n) is 7.70. The van der Waals surface area contributed by atoms with Crippen LogP contribution in [0.25, 0.3) is 0 Å². The van der Waals surface area contributed by atoms with E-state index in [-0.39, 0.29) is 33.5 Å². The Morgan fingerprint density at radius 3 is 2.48 bits per heavy atom. The Balaban J connectivity index is 1.85. The van der Waals surface area contributed by atoms with Crippen molar-refractivity contribution in [3.8, 4) is 0 Å². The number of rotatable bonds is 9. The highest BCUT2D eigenvalue weighted by Crippen LogP contribution is 2.31. The first-order chi connectivity index (χ1) is 14.8. The first kappa shape index (κ1) is 24.2. The number of benzene rings is 1. The van der Waals surface area contributed by atoms with E-state index in [2.05, 4.69) is 16.3 Å². The molecule has 1 saturated heterocycles. The highest BCUT2D eigenvalue weighted by molar-refractivity contribution is 7.89. The molecule has 0 bridgehead atoms. The number of nitrogens with one attached hydrogen (secondary N) is 1. The van der Waals surface area contributed by atoms with E-state index in [9.17, 15) is 13.2 Å². The molecule has 3 rings (SSSR count). The van der Waals surface area contributed by atoms with Gasteiger partial charge in [-0.1, -0.05) is 31.5 Å². The number of sulfonamides is 1. The number of amides is 1. The molecule has 0 radical (unpaired) electrons. The van der Waals surface area contributed by atoms with Crippen LogP contribution in [0.15, 0.2) is 40.6 Å². The maximum Gasteiger partial charge on any atom is 0.253 e. The van der Waals surface area contributed by atoms with Crippen LogP contribution >= 0.6 is 22.9 Å². The summed E-state index contributed by atoms with van der Waals surface area (Å²) in [6, 6.07) is 8.35. The number of carbonyl (C=O) groups excluding carboxylic acids is 1. The molecule has 1 N–H and O–H groups in total. The van der Waals surface area contributed by atoms with Gasteiger partial charge in [-0.25, -0.2) is 8.42 Å². The van der Waals surface area contributed by atoms with E-state index in [1.165, 1.54) is 27.4 Å². The van der Waals surface area contributed by atoms with Crippen molar-refractivity contribution in [1.82, 2.24) is 14.5 Å². The Labute approximate surface area is 194 Å². The Kier molecular flexibility index (Phi) is 8.15. The minimum absolute atomic E-state index is 0.0766. The maximum atomic E-state index is 13.1. The van der Waals surface area contributed by atoms with Crippen LogP contribution in [0.3, 0.4) is 0 Å². The van der Waals surface area contributed by atoms with Crippen LogP contribution in [0, 0.1) is 0 Å². The average Bonchev–Trinajstić information content (AvgIpc) is 3.44. The van der Waals surface area contributed by atoms with Gasteiger partial charge >= 0.3 is 0 Å². The molecule has 1 aliphatic heterocycles. The number of thiophene rings is 1. The standard InChI is InChI=1S/C22H30ClN3O3S2/c1-4-26(5-2)31(28,29)17-10-11-19(23)18(15-17)22(27)24-16(3)21(20-9-8-14-30-20)25-12-6-7-13-25/h8-11,14-16,21H,4-7,12-13H2,1-3H3,(H,24,27)/t16-,21+/m1/s1. The van der Waals surface area contributed by atoms with Gasteiger partial charge in [-0.05, 0) is 62.5 Å². The van der Waals surface area contributed by atoms with E-state index in [4.69, 9.17) is 11.6 Å². The summed E-state index contributed by atoms with van der Waals surface area (Å²) in [7, 11) is -3.68. The van der Waals surface area contributed by atoms with Crippen LogP contribution in [0.5, 0.6) is 0 Å². The number of hydrogen-bond acceptors (Lipinski definition) is 5. The third-order valence-electron chi connectivity index (χ3n) is 5.73. The molecule has 2 aromatic rings. The van der Waals surface area contributed by atoms with E-state index in [0.29, 0.717) is 13.1 Å². The third kappa shape index (κ3) is 5.31. The largest absolute Gasteiger partial charge is 0.348 e. The van der Waals surface area contributed by atoms with Gasteiger partial charge in [-0.3, -0.25) is 9.69 Å². The van der Waals surface area contributed by atoms with Gasteiger partial charge in [0.05, 0.1) is 21.5 Å². The zero-order chi connectivity index (χ0) is 22.6. The minimum Gasteiger partial charge on any atom is -0.348 e. The van der Waals surface area contributed by atoms with Crippen LogP contribution in [0.2, 0.25) is 5.02 Å². The Hall–Kier alpha value is -1.45. The SMILES string of the molecule is CCN(CC)S(=O)(=O)c1ccc(Cl)c(C(=O)N[C@H](C)[C@@H](c2cccs2)N2CCCC2)c1. The zero-order valence-electron chi connectivity index (χ0n) is 18.2. The third-order valence-corrected chi connectivity index (χ3v) is 9.05. The molecule has 2 heterocycles. The molecule has 1 fully saturated rings. The van der Waals surface area contributed by atoms with Crippen molar-refractivity contribution in [1.29, 1.82) is 0 Å². The fraction of sp³-hybridized carbons (Fsp3) is 0.500. The Morgan fingerprint density at radius 1 is 1.23 bits per heavy atom. The lowest BCUT2D eigenvalue weighted by molar-refractivity contribution is 0.0908. The summed E-state index contributed by atoms with van der Waals surface area (Å²) in [5.41, 5.74) is 0.174. The molecule has 0 aliphatic carbocycles. The predicted molar refractivity (Wildman–Crippen MR) is 126 cm³/mol. The van der Waals surface area contributed by atoms with Gasteiger partial charge in [-0.2, -0.15) is 4.31 Å². The highest BCUT2D eigenvalue weighted by Gasteiger charge is 2.31. The first-order valence-corrected chi connectivity index (χ1v) is 13.4. The Bertz CT molecular complexity index is 985. The minimum atomic E-state index is -3.68. The van der Waals surface area contributed by atoms with E-state index in [1.807, 2.05) is 18.4 Å². The summed E-state index contributed by atoms with van der Waals surface area (Å²) in [5, 5.41) is 5.35. The summed E-state index contributed by atoms with van der Waals surface area (Å²) < 4.78 is 27.1. The van der Waals surface area contributed by atoms with Crippen molar-refractivity contribution in [2.45, 2.75) is 50.6 Å². The van der Waals surface area contributed by atoms with Crippen LogP contribution in [-0.4, -0.2) is 55.8 Å². The topological polar surface area (TPSA) is 69.7 Å². The molecule has 0 spiro atoms. The second kappa shape index (κ2) is 10.4. The lowest BCUT2D eigenvalue weighted by atomic mass is 10.1. The van der Waals surface area contributed by atoms with Crippen LogP contribution in [0.4, 0.5) is 0 Å². The second-order valence-corrected chi connectivity index (χ2v) is 11.0. The molecule has 0 saturated carbocycles. The van der Waals surface area contributed by atoms with Crippen LogP contribution < -0.4 is 5.32 Å². The number of carbonyl (C=O) groups is 1. The molecule has 170 valence electrons. The molecule has 1 aliphatic rings. The van der Waals surface area contributed by atoms with Crippen LogP contribution in [-0.2, 0) is 10.0 Å². The fourth-order valence-electron chi connectivity index (χ4n) is 4.14. The molecule has 31 heavy (non-hydrogen) atoms. The molecule has 2 atom stereocenters. The summed E-state index contributed by atoms with van der Waals surface area (Å²) >= 11 is 7.98. The van der Waals surface area contributed by atoms with Crippen LogP contribution in [0.1, 0.15) is 54.9 Å². The van der Waals surface area contributed by atoms with E-state index in [1.54, 1.807) is 25.2 Å². The molecule has 0 unspecified atom stereocenters. The monoisotopic (exact) mass is 483 g/mol. The quantitative estimate of drug-likeness (QED) is 0.574. The summed E-state index contributed by atoms with van der Waals surface area (Å²) in [5.74, 6) is -0.366. The fourth-order valence-corrected chi connectivity index (χ4v) is 6.79. The summed E-state index contributed by atoms with van der Waals surface area (Å²) in [6.45, 7) is 8.29. The average molecular weight is 484 g/mol. The van der Waals surface area contributed by atoms with Crippen molar-refractivity contribution in [2.75, 3.05) is 26.2 Å². The van der Waals surface area contributed by atoms with Gasteiger partial charge in [0, 0.05) is 24.0 Å². The molecule has 1 aromatic carbocycles. The molecular weight excluding hydrogens is 454 g/mol. The first-order valence-electron chi connectivity index (χ1n) is 10.7. The van der Waals surface area contributed by atoms with E-state index >= 15 is 0 Å². The molecule has 1 amide bonds. The van der Waals surface area contributed by atoms with E-state index in [0.717, 1.165) is 25.9 Å². The van der Waals surface area contributed by atoms with Gasteiger partial charge in [0.2, 0.25) is 10.0 Å². The van der Waals surface area contributed by atoms with E-state index < -0.39 is 10.0 Å². The molecule has 9 heteroatoms. The summed E-state index contributed by atoms with van der Waals surface area (Å²) in [4.78, 5) is 16.8. The Morgan fingerprint density at radius 2 is 1.90 bits per heavy atom. The van der Waals surface area contributed by atoms with Crippen molar-refractivity contribution < 1.29 is 13.2 Å².